The van der Waals surface area contributed by atoms with Crippen LogP contribution in [-0.2, 0) is 11.3 Å². The van der Waals surface area contributed by atoms with Gasteiger partial charge in [0.25, 0.3) is 0 Å². The monoisotopic (exact) mass is 277 g/mol. The zero-order chi connectivity index (χ0) is 14.2. The maximum atomic E-state index is 10.8. The number of benzene rings is 1. The molecule has 5 nitrogen and oxygen atoms in total. The van der Waals surface area contributed by atoms with E-state index in [0.29, 0.717) is 0 Å². The van der Waals surface area contributed by atoms with Crippen molar-refractivity contribution in [2.24, 2.45) is 0 Å². The Morgan fingerprint density at radius 1 is 1.05 bits per heavy atom. The molecule has 0 bridgehead atoms. The first-order chi connectivity index (χ1) is 9.74. The minimum atomic E-state index is -0.751. The van der Waals surface area contributed by atoms with E-state index < -0.39 is 5.97 Å². The molecular weight excluding hydrogens is 254 g/mol. The molecule has 2 rings (SSSR count). The van der Waals surface area contributed by atoms with E-state index in [2.05, 4.69) is 34.5 Å². The second-order valence-corrected chi connectivity index (χ2v) is 5.18. The summed E-state index contributed by atoms with van der Waals surface area (Å²) in [4.78, 5) is 15.2. The van der Waals surface area contributed by atoms with Crippen molar-refractivity contribution in [1.29, 1.82) is 0 Å². The number of hydrogen-bond donors (Lipinski definition) is 2. The third-order valence-corrected chi connectivity index (χ3v) is 3.55. The van der Waals surface area contributed by atoms with Crippen LogP contribution < -0.4 is 5.32 Å². The van der Waals surface area contributed by atoms with E-state index in [4.69, 9.17) is 5.11 Å². The lowest BCUT2D eigenvalue weighted by molar-refractivity contribution is -0.138. The molecule has 1 aromatic carbocycles. The number of nitrogens with one attached hydrogen (secondary N) is 1. The zero-order valence-electron chi connectivity index (χ0n) is 11.8. The smallest absolute Gasteiger partial charge is 0.317 e. The lowest BCUT2D eigenvalue weighted by atomic mass is 10.2. The molecule has 0 radical (unpaired) electrons. The Bertz CT molecular complexity index is 411. The minimum Gasteiger partial charge on any atom is -0.480 e. The fourth-order valence-electron chi connectivity index (χ4n) is 2.45. The number of carbonyl (C=O) groups is 1. The highest BCUT2D eigenvalue weighted by Crippen LogP contribution is 2.05. The fraction of sp³-hybridized carbons (Fsp3) is 0.533. The number of hydrogen-bond acceptors (Lipinski definition) is 4. The Hall–Kier alpha value is -1.43. The number of aliphatic carboxylic acids is 1. The van der Waals surface area contributed by atoms with Crippen molar-refractivity contribution in [3.8, 4) is 0 Å². The highest BCUT2D eigenvalue weighted by molar-refractivity contribution is 5.69. The molecule has 110 valence electrons. The molecule has 5 heteroatoms. The molecule has 1 heterocycles. The van der Waals surface area contributed by atoms with Gasteiger partial charge < -0.3 is 10.4 Å². The number of carboxylic acid groups (broad SMARTS) is 1. The molecule has 1 aliphatic rings. The molecule has 1 saturated heterocycles. The molecular formula is C15H23N3O2. The first-order valence-electron chi connectivity index (χ1n) is 7.15. The SMILES string of the molecule is O=C(O)CN1CCNCCN(Cc2ccccc2)CC1. The van der Waals surface area contributed by atoms with Gasteiger partial charge in [-0.25, -0.2) is 0 Å². The minimum absolute atomic E-state index is 0.126. The first-order valence-corrected chi connectivity index (χ1v) is 7.15. The van der Waals surface area contributed by atoms with Crippen molar-refractivity contribution >= 4 is 5.97 Å². The normalized spacial score (nSPS) is 19.0. The molecule has 0 amide bonds. The Labute approximate surface area is 120 Å². The van der Waals surface area contributed by atoms with Crippen LogP contribution in [0.3, 0.4) is 0 Å². The van der Waals surface area contributed by atoms with Gasteiger partial charge in [-0.3, -0.25) is 14.6 Å². The maximum Gasteiger partial charge on any atom is 0.317 e. The first kappa shape index (κ1) is 15.0. The lowest BCUT2D eigenvalue weighted by Crippen LogP contribution is -2.38. The van der Waals surface area contributed by atoms with Crippen LogP contribution >= 0.6 is 0 Å². The predicted octanol–water partition coefficient (Wildman–Crippen LogP) is 0.478. The average molecular weight is 277 g/mol. The molecule has 0 atom stereocenters. The largest absolute Gasteiger partial charge is 0.480 e. The van der Waals surface area contributed by atoms with Gasteiger partial charge in [0.2, 0.25) is 0 Å². The maximum absolute atomic E-state index is 10.8. The van der Waals surface area contributed by atoms with Gasteiger partial charge in [-0.05, 0) is 5.56 Å². The van der Waals surface area contributed by atoms with Crippen LogP contribution in [0.4, 0.5) is 0 Å². The summed E-state index contributed by atoms with van der Waals surface area (Å²) in [5.41, 5.74) is 1.30. The summed E-state index contributed by atoms with van der Waals surface area (Å²) in [5.74, 6) is -0.751. The standard InChI is InChI=1S/C15H23N3O2/c19-15(20)13-18-9-7-16-6-8-17(10-11-18)12-14-4-2-1-3-5-14/h1-5,16H,6-13H2,(H,19,20). The van der Waals surface area contributed by atoms with Gasteiger partial charge >= 0.3 is 5.97 Å². The second-order valence-electron chi connectivity index (χ2n) is 5.18. The van der Waals surface area contributed by atoms with Crippen molar-refractivity contribution in [3.05, 3.63) is 35.9 Å². The van der Waals surface area contributed by atoms with Crippen LogP contribution in [-0.4, -0.2) is 66.7 Å². The average Bonchev–Trinajstić information content (AvgIpc) is 2.53. The third-order valence-electron chi connectivity index (χ3n) is 3.55. The summed E-state index contributed by atoms with van der Waals surface area (Å²) in [5, 5.41) is 12.3. The summed E-state index contributed by atoms with van der Waals surface area (Å²) in [6, 6.07) is 10.4. The van der Waals surface area contributed by atoms with E-state index in [0.717, 1.165) is 45.8 Å². The van der Waals surface area contributed by atoms with E-state index in [9.17, 15) is 4.79 Å². The Balaban J connectivity index is 1.90. The predicted molar refractivity (Wildman–Crippen MR) is 78.7 cm³/mol. The number of nitrogens with zero attached hydrogens (tertiary/aromatic N) is 2. The van der Waals surface area contributed by atoms with Gasteiger partial charge in [0.15, 0.2) is 0 Å². The summed E-state index contributed by atoms with van der Waals surface area (Å²) >= 11 is 0. The molecule has 20 heavy (non-hydrogen) atoms. The van der Waals surface area contributed by atoms with Gasteiger partial charge in [0, 0.05) is 45.8 Å². The van der Waals surface area contributed by atoms with E-state index in [1.54, 1.807) is 0 Å². The van der Waals surface area contributed by atoms with Crippen LogP contribution in [0, 0.1) is 0 Å². The van der Waals surface area contributed by atoms with E-state index in [-0.39, 0.29) is 6.54 Å². The van der Waals surface area contributed by atoms with E-state index >= 15 is 0 Å². The third kappa shape index (κ3) is 5.28. The van der Waals surface area contributed by atoms with Crippen molar-refractivity contribution < 1.29 is 9.90 Å². The summed E-state index contributed by atoms with van der Waals surface area (Å²) < 4.78 is 0. The second kappa shape index (κ2) is 7.99. The molecule has 1 fully saturated rings. The van der Waals surface area contributed by atoms with Crippen molar-refractivity contribution in [1.82, 2.24) is 15.1 Å². The van der Waals surface area contributed by atoms with Crippen LogP contribution in [0.5, 0.6) is 0 Å². The van der Waals surface area contributed by atoms with E-state index in [1.165, 1.54) is 5.56 Å². The lowest BCUT2D eigenvalue weighted by Gasteiger charge is -2.24. The van der Waals surface area contributed by atoms with Crippen LogP contribution in [0.15, 0.2) is 30.3 Å². The highest BCUT2D eigenvalue weighted by Gasteiger charge is 2.14. The Kier molecular flexibility index (Phi) is 5.98. The van der Waals surface area contributed by atoms with Crippen LogP contribution in [0.1, 0.15) is 5.56 Å². The molecule has 0 spiro atoms. The van der Waals surface area contributed by atoms with Crippen LogP contribution in [0.2, 0.25) is 0 Å². The molecule has 1 aromatic rings. The van der Waals surface area contributed by atoms with Crippen LogP contribution in [0.25, 0.3) is 0 Å². The molecule has 2 N–H and O–H groups in total. The summed E-state index contributed by atoms with van der Waals surface area (Å²) in [6.45, 7) is 6.36. The van der Waals surface area contributed by atoms with E-state index in [1.807, 2.05) is 11.0 Å². The number of carboxylic acids is 1. The van der Waals surface area contributed by atoms with Crippen molar-refractivity contribution in [2.75, 3.05) is 45.8 Å². The molecule has 1 aliphatic heterocycles. The molecule has 0 unspecified atom stereocenters. The number of rotatable bonds is 4. The topological polar surface area (TPSA) is 55.8 Å². The van der Waals surface area contributed by atoms with Gasteiger partial charge in [0.1, 0.15) is 0 Å². The van der Waals surface area contributed by atoms with Gasteiger partial charge in [-0.1, -0.05) is 30.3 Å². The highest BCUT2D eigenvalue weighted by atomic mass is 16.4. The fourth-order valence-corrected chi connectivity index (χ4v) is 2.45. The Morgan fingerprint density at radius 3 is 2.40 bits per heavy atom. The molecule has 0 saturated carbocycles. The quantitative estimate of drug-likeness (QED) is 0.838. The Morgan fingerprint density at radius 2 is 1.70 bits per heavy atom. The summed E-state index contributed by atoms with van der Waals surface area (Å²) in [6.07, 6.45) is 0. The summed E-state index contributed by atoms with van der Waals surface area (Å²) in [7, 11) is 0. The molecule has 0 aliphatic carbocycles. The van der Waals surface area contributed by atoms with Crippen molar-refractivity contribution in [2.45, 2.75) is 6.54 Å². The van der Waals surface area contributed by atoms with Gasteiger partial charge in [-0.2, -0.15) is 0 Å². The van der Waals surface area contributed by atoms with Gasteiger partial charge in [-0.15, -0.1) is 0 Å². The molecule has 0 aromatic heterocycles. The van der Waals surface area contributed by atoms with Crippen molar-refractivity contribution in [3.63, 3.8) is 0 Å². The van der Waals surface area contributed by atoms with Gasteiger partial charge in [0.05, 0.1) is 6.54 Å². The zero-order valence-corrected chi connectivity index (χ0v) is 11.8.